The van der Waals surface area contributed by atoms with Gasteiger partial charge >= 0.3 is 0 Å². The molecule has 8 nitrogen and oxygen atoms in total. The number of amides is 1. The molecule has 11 heteroatoms. The lowest BCUT2D eigenvalue weighted by Gasteiger charge is -2.56. The van der Waals surface area contributed by atoms with Crippen LogP contribution >= 0.6 is 22.2 Å². The van der Waals surface area contributed by atoms with Gasteiger partial charge in [-0.3, -0.25) is 18.9 Å². The van der Waals surface area contributed by atoms with E-state index in [0.717, 1.165) is 0 Å². The third-order valence-corrected chi connectivity index (χ3v) is 9.11. The number of rotatable bonds is 3. The first-order valence-corrected chi connectivity index (χ1v) is 11.4. The summed E-state index contributed by atoms with van der Waals surface area (Å²) in [6, 6.07) is 6.99. The smallest absolute Gasteiger partial charge is 0.274 e. The maximum atomic E-state index is 15.0. The summed E-state index contributed by atoms with van der Waals surface area (Å²) in [5.74, 6) is -1.12. The minimum Gasteiger partial charge on any atom is -0.386 e. The number of nitrogens with one attached hydrogen (secondary N) is 1. The van der Waals surface area contributed by atoms with E-state index in [1.165, 1.54) is 36.5 Å². The van der Waals surface area contributed by atoms with Crippen molar-refractivity contribution in [3.8, 4) is 0 Å². The fourth-order valence-corrected chi connectivity index (χ4v) is 6.09. The SMILES string of the molecule is CC1(C)C(N)=NC2(c3cc(NC(=O)c4ccc(Cl)cn4)ccc3F)COC[C@@H]2S1(O)O. The van der Waals surface area contributed by atoms with Crippen LogP contribution in [0.4, 0.5) is 10.1 Å². The zero-order valence-electron chi connectivity index (χ0n) is 16.8. The second-order valence-corrected chi connectivity index (χ2v) is 11.3. The first-order valence-electron chi connectivity index (χ1n) is 9.42. The molecule has 0 aliphatic carbocycles. The molecule has 31 heavy (non-hydrogen) atoms. The number of hydrogen-bond donors (Lipinski definition) is 4. The van der Waals surface area contributed by atoms with E-state index in [4.69, 9.17) is 22.1 Å². The van der Waals surface area contributed by atoms with Crippen LogP contribution in [-0.4, -0.2) is 49.0 Å². The van der Waals surface area contributed by atoms with E-state index in [2.05, 4.69) is 15.3 Å². The number of nitrogens with two attached hydrogens (primary N) is 1. The molecule has 166 valence electrons. The zero-order valence-corrected chi connectivity index (χ0v) is 18.4. The van der Waals surface area contributed by atoms with Crippen molar-refractivity contribution < 1.29 is 23.0 Å². The number of aliphatic imine (C=N–C) groups is 1. The maximum Gasteiger partial charge on any atom is 0.274 e. The minimum absolute atomic E-state index is 0.00668. The second-order valence-electron chi connectivity index (χ2n) is 8.04. The summed E-state index contributed by atoms with van der Waals surface area (Å²) in [4.78, 5) is 21.0. The number of carbonyl (C=O) groups excluding carboxylic acids is 1. The van der Waals surface area contributed by atoms with Crippen molar-refractivity contribution in [2.24, 2.45) is 10.7 Å². The highest BCUT2D eigenvalue weighted by molar-refractivity contribution is 8.26. The first kappa shape index (κ1) is 22.0. The van der Waals surface area contributed by atoms with E-state index < -0.39 is 37.9 Å². The fourth-order valence-electron chi connectivity index (χ4n) is 3.83. The molecule has 2 aromatic rings. The van der Waals surface area contributed by atoms with Gasteiger partial charge in [-0.05, 0) is 44.2 Å². The van der Waals surface area contributed by atoms with Gasteiger partial charge in [-0.15, -0.1) is 0 Å². The largest absolute Gasteiger partial charge is 0.386 e. The third-order valence-electron chi connectivity index (χ3n) is 5.86. The molecule has 1 saturated heterocycles. The summed E-state index contributed by atoms with van der Waals surface area (Å²) in [6.45, 7) is 3.11. The number of anilines is 1. The van der Waals surface area contributed by atoms with Crippen LogP contribution in [0.2, 0.25) is 5.02 Å². The number of nitrogens with zero attached hydrogens (tertiary/aromatic N) is 2. The molecule has 2 atom stereocenters. The fraction of sp³-hybridized carbons (Fsp3) is 0.350. The Balaban J connectivity index is 1.75. The van der Waals surface area contributed by atoms with Crippen molar-refractivity contribution >= 4 is 39.6 Å². The van der Waals surface area contributed by atoms with Gasteiger partial charge in [-0.25, -0.2) is 9.37 Å². The topological polar surface area (TPSA) is 130 Å². The summed E-state index contributed by atoms with van der Waals surface area (Å²) in [6.07, 6.45) is 1.35. The number of aromatic nitrogens is 1. The Morgan fingerprint density at radius 3 is 2.77 bits per heavy atom. The molecule has 1 aromatic heterocycles. The molecule has 3 heterocycles. The number of ether oxygens (including phenoxy) is 1. The lowest BCUT2D eigenvalue weighted by Crippen LogP contribution is -2.57. The van der Waals surface area contributed by atoms with Crippen molar-refractivity contribution in [3.05, 3.63) is 58.6 Å². The predicted molar refractivity (Wildman–Crippen MR) is 118 cm³/mol. The van der Waals surface area contributed by atoms with Gasteiger partial charge in [0.05, 0.1) is 18.2 Å². The van der Waals surface area contributed by atoms with Crippen LogP contribution < -0.4 is 11.1 Å². The maximum absolute atomic E-state index is 15.0. The van der Waals surface area contributed by atoms with Crippen LogP contribution in [0.3, 0.4) is 0 Å². The highest BCUT2D eigenvalue weighted by Gasteiger charge is 2.61. The van der Waals surface area contributed by atoms with Gasteiger partial charge in [0.2, 0.25) is 0 Å². The Labute approximate surface area is 185 Å². The zero-order chi connectivity index (χ0) is 22.6. The molecule has 0 bridgehead atoms. The Hall–Kier alpha value is -2.24. The first-order chi connectivity index (χ1) is 14.5. The molecule has 0 radical (unpaired) electrons. The van der Waals surface area contributed by atoms with Gasteiger partial charge < -0.3 is 15.8 Å². The molecular formula is C20H22ClFN4O4S. The molecule has 4 rings (SSSR count). The van der Waals surface area contributed by atoms with Crippen LogP contribution in [0.5, 0.6) is 0 Å². The van der Waals surface area contributed by atoms with E-state index >= 15 is 4.39 Å². The molecule has 0 spiro atoms. The normalized spacial score (nSPS) is 27.2. The van der Waals surface area contributed by atoms with Gasteiger partial charge in [0.25, 0.3) is 5.91 Å². The van der Waals surface area contributed by atoms with E-state index in [-0.39, 0.29) is 36.0 Å². The Morgan fingerprint density at radius 1 is 1.35 bits per heavy atom. The summed E-state index contributed by atoms with van der Waals surface area (Å²) in [5, 5.41) is 2.16. The monoisotopic (exact) mass is 468 g/mol. The molecule has 2 aliphatic heterocycles. The number of hydrogen-bond acceptors (Lipinski definition) is 7. The summed E-state index contributed by atoms with van der Waals surface area (Å²) < 4.78 is 41.4. The highest BCUT2D eigenvalue weighted by atomic mass is 35.5. The van der Waals surface area contributed by atoms with E-state index in [0.29, 0.717) is 5.02 Å². The van der Waals surface area contributed by atoms with Gasteiger partial charge in [0.15, 0.2) is 0 Å². The number of carbonyl (C=O) groups is 1. The van der Waals surface area contributed by atoms with Crippen molar-refractivity contribution in [2.45, 2.75) is 29.4 Å². The van der Waals surface area contributed by atoms with Crippen molar-refractivity contribution in [1.82, 2.24) is 4.98 Å². The van der Waals surface area contributed by atoms with Gasteiger partial charge in [-0.2, -0.15) is 10.6 Å². The molecule has 1 unspecified atom stereocenters. The Bertz CT molecular complexity index is 1080. The predicted octanol–water partition coefficient (Wildman–Crippen LogP) is 3.62. The average Bonchev–Trinajstić information content (AvgIpc) is 3.14. The number of halogens is 2. The molecular weight excluding hydrogens is 447 g/mol. The number of benzene rings is 1. The lowest BCUT2D eigenvalue weighted by atomic mass is 9.87. The molecule has 1 aromatic carbocycles. The van der Waals surface area contributed by atoms with E-state index in [9.17, 15) is 13.9 Å². The Morgan fingerprint density at radius 2 is 2.10 bits per heavy atom. The molecule has 2 aliphatic rings. The third kappa shape index (κ3) is 3.39. The molecule has 0 saturated carbocycles. The second kappa shape index (κ2) is 7.42. The van der Waals surface area contributed by atoms with Gasteiger partial charge in [0.1, 0.15) is 32.9 Å². The van der Waals surface area contributed by atoms with Crippen LogP contribution in [0, 0.1) is 5.82 Å². The van der Waals surface area contributed by atoms with Gasteiger partial charge in [-0.1, -0.05) is 11.6 Å². The average molecular weight is 469 g/mol. The molecule has 1 amide bonds. The number of pyridine rings is 1. The van der Waals surface area contributed by atoms with Gasteiger partial charge in [0, 0.05) is 17.4 Å². The quantitative estimate of drug-likeness (QED) is 0.544. The van der Waals surface area contributed by atoms with Crippen molar-refractivity contribution in [1.29, 1.82) is 0 Å². The standard InChI is InChI=1S/C20H22ClFN4O4S/c1-19(2)18(23)26-20(10-30-9-16(20)31(19,28)29)13-7-12(4-5-14(13)22)25-17(27)15-6-3-11(21)8-24-15/h3-8,16,28-29H,9-10H2,1-2H3,(H2,23,26)(H,25,27)/t16-,20?/m0/s1. The lowest BCUT2D eigenvalue weighted by molar-refractivity contribution is 0.102. The minimum atomic E-state index is -3.35. The summed E-state index contributed by atoms with van der Waals surface area (Å²) in [5.41, 5.74) is 5.17. The van der Waals surface area contributed by atoms with Crippen LogP contribution in [0.25, 0.3) is 0 Å². The van der Waals surface area contributed by atoms with E-state index in [1.54, 1.807) is 13.8 Å². The van der Waals surface area contributed by atoms with Crippen molar-refractivity contribution in [3.63, 3.8) is 0 Å². The Kier molecular flexibility index (Phi) is 5.26. The summed E-state index contributed by atoms with van der Waals surface area (Å²) in [7, 11) is -3.35. The van der Waals surface area contributed by atoms with Crippen LogP contribution in [0.15, 0.2) is 41.5 Å². The van der Waals surface area contributed by atoms with E-state index in [1.807, 2.05) is 0 Å². The molecule has 5 N–H and O–H groups in total. The van der Waals surface area contributed by atoms with Crippen molar-refractivity contribution in [2.75, 3.05) is 18.5 Å². The van der Waals surface area contributed by atoms with Crippen LogP contribution in [0.1, 0.15) is 29.9 Å². The number of fused-ring (bicyclic) bond motifs is 1. The highest BCUT2D eigenvalue weighted by Crippen LogP contribution is 2.66. The van der Waals surface area contributed by atoms with Crippen LogP contribution in [-0.2, 0) is 10.3 Å². The summed E-state index contributed by atoms with van der Waals surface area (Å²) >= 11 is 5.80. The number of amidine groups is 1. The molecule has 1 fully saturated rings.